The summed E-state index contributed by atoms with van der Waals surface area (Å²) in [7, 11) is 1.95. The van der Waals surface area contributed by atoms with Crippen LogP contribution >= 0.6 is 0 Å². The Morgan fingerprint density at radius 1 is 1.12 bits per heavy atom. The van der Waals surface area contributed by atoms with Gasteiger partial charge in [-0.1, -0.05) is 23.4 Å². The summed E-state index contributed by atoms with van der Waals surface area (Å²) in [6, 6.07) is 11.3. The molecule has 0 spiro atoms. The number of fused-ring (bicyclic) bond motifs is 1. The van der Waals surface area contributed by atoms with Gasteiger partial charge in [0.05, 0.1) is 6.20 Å². The minimum absolute atomic E-state index is 0.243. The SMILES string of the molecule is Cc1ccc(-c2noc(CCc3nccn3C)n2)cc1NC(=O)c1cnc2ccccn12. The van der Waals surface area contributed by atoms with Crippen molar-refractivity contribution in [2.24, 2.45) is 7.05 Å². The summed E-state index contributed by atoms with van der Waals surface area (Å²) in [4.78, 5) is 26.0. The molecule has 1 aromatic carbocycles. The normalized spacial score (nSPS) is 11.2. The van der Waals surface area contributed by atoms with Gasteiger partial charge in [0.1, 0.15) is 17.2 Å². The summed E-state index contributed by atoms with van der Waals surface area (Å²) in [5.74, 6) is 1.73. The smallest absolute Gasteiger partial charge is 0.274 e. The quantitative estimate of drug-likeness (QED) is 0.445. The van der Waals surface area contributed by atoms with Crippen molar-refractivity contribution in [3.8, 4) is 11.4 Å². The van der Waals surface area contributed by atoms with E-state index in [1.807, 2.05) is 67.3 Å². The fourth-order valence-corrected chi connectivity index (χ4v) is 3.51. The number of nitrogens with one attached hydrogen (secondary N) is 1. The predicted octanol–water partition coefficient (Wildman–Crippen LogP) is 3.46. The number of aryl methyl sites for hydroxylation is 4. The molecule has 5 aromatic rings. The van der Waals surface area contributed by atoms with Gasteiger partial charge < -0.3 is 14.4 Å². The molecule has 0 radical (unpaired) electrons. The van der Waals surface area contributed by atoms with Crippen LogP contribution in [-0.2, 0) is 19.9 Å². The standard InChI is InChI=1S/C23H21N7O2/c1-15-6-7-16(22-27-21(32-28-22)9-8-19-24-10-12-29(19)2)13-17(15)26-23(31)18-14-25-20-5-3-4-11-30(18)20/h3-7,10-14H,8-9H2,1-2H3,(H,26,31). The maximum absolute atomic E-state index is 12.9. The second-order valence-electron chi connectivity index (χ2n) is 7.52. The van der Waals surface area contributed by atoms with E-state index in [1.165, 1.54) is 0 Å². The summed E-state index contributed by atoms with van der Waals surface area (Å²) < 4.78 is 9.14. The van der Waals surface area contributed by atoms with Gasteiger partial charge >= 0.3 is 0 Å². The van der Waals surface area contributed by atoms with Crippen LogP contribution in [0.3, 0.4) is 0 Å². The van der Waals surface area contributed by atoms with Gasteiger partial charge in [-0.3, -0.25) is 9.20 Å². The van der Waals surface area contributed by atoms with Crippen LogP contribution < -0.4 is 5.32 Å². The van der Waals surface area contributed by atoms with Crippen molar-refractivity contribution >= 4 is 17.2 Å². The summed E-state index contributed by atoms with van der Waals surface area (Å²) in [5, 5.41) is 7.08. The lowest BCUT2D eigenvalue weighted by Crippen LogP contribution is -2.15. The Balaban J connectivity index is 1.34. The van der Waals surface area contributed by atoms with E-state index in [0.717, 1.165) is 17.0 Å². The molecule has 0 atom stereocenters. The molecule has 0 saturated carbocycles. The van der Waals surface area contributed by atoms with Crippen molar-refractivity contribution in [3.63, 3.8) is 0 Å². The lowest BCUT2D eigenvalue weighted by molar-refractivity contribution is 0.102. The first kappa shape index (κ1) is 19.7. The Kier molecular flexibility index (Phi) is 4.98. The van der Waals surface area contributed by atoms with Gasteiger partial charge in [-0.25, -0.2) is 9.97 Å². The topological polar surface area (TPSA) is 103 Å². The zero-order chi connectivity index (χ0) is 22.1. The van der Waals surface area contributed by atoms with Crippen LogP contribution in [0.1, 0.15) is 27.8 Å². The number of carbonyl (C=O) groups excluding carboxylic acids is 1. The molecule has 0 fully saturated rings. The lowest BCUT2D eigenvalue weighted by atomic mass is 10.1. The molecule has 9 heteroatoms. The van der Waals surface area contributed by atoms with Crippen molar-refractivity contribution in [1.29, 1.82) is 0 Å². The molecule has 4 aromatic heterocycles. The fourth-order valence-electron chi connectivity index (χ4n) is 3.51. The summed E-state index contributed by atoms with van der Waals surface area (Å²) in [6.07, 6.45) is 8.36. The van der Waals surface area contributed by atoms with E-state index in [0.29, 0.717) is 41.6 Å². The Morgan fingerprint density at radius 3 is 2.88 bits per heavy atom. The molecule has 1 N–H and O–H groups in total. The number of rotatable bonds is 6. The second-order valence-corrected chi connectivity index (χ2v) is 7.52. The van der Waals surface area contributed by atoms with Crippen LogP contribution in [0.15, 0.2) is 65.7 Å². The van der Waals surface area contributed by atoms with E-state index in [1.54, 1.807) is 16.8 Å². The average Bonchev–Trinajstić information content (AvgIpc) is 3.53. The molecule has 1 amide bonds. The largest absolute Gasteiger partial charge is 0.339 e. The molecule has 4 heterocycles. The molecule has 0 aliphatic rings. The van der Waals surface area contributed by atoms with Crippen LogP contribution in [0, 0.1) is 6.92 Å². The van der Waals surface area contributed by atoms with Crippen LogP contribution in [0.4, 0.5) is 5.69 Å². The van der Waals surface area contributed by atoms with Gasteiger partial charge in [0.15, 0.2) is 0 Å². The van der Waals surface area contributed by atoms with E-state index in [2.05, 4.69) is 25.4 Å². The monoisotopic (exact) mass is 427 g/mol. The fraction of sp³-hybridized carbons (Fsp3) is 0.174. The third-order valence-corrected chi connectivity index (χ3v) is 5.35. The highest BCUT2D eigenvalue weighted by molar-refractivity contribution is 6.04. The highest BCUT2D eigenvalue weighted by Gasteiger charge is 2.15. The molecule has 160 valence electrons. The molecule has 9 nitrogen and oxygen atoms in total. The molecule has 0 unspecified atom stereocenters. The summed E-state index contributed by atoms with van der Waals surface area (Å²) >= 11 is 0. The number of hydrogen-bond donors (Lipinski definition) is 1. The second kappa shape index (κ2) is 8.10. The number of hydrogen-bond acceptors (Lipinski definition) is 6. The third kappa shape index (κ3) is 3.76. The van der Waals surface area contributed by atoms with Crippen molar-refractivity contribution < 1.29 is 9.32 Å². The predicted molar refractivity (Wildman–Crippen MR) is 118 cm³/mol. The van der Waals surface area contributed by atoms with E-state index < -0.39 is 0 Å². The number of amides is 1. The number of benzene rings is 1. The first-order valence-electron chi connectivity index (χ1n) is 10.2. The van der Waals surface area contributed by atoms with E-state index in [-0.39, 0.29) is 5.91 Å². The molecular formula is C23H21N7O2. The molecule has 0 aliphatic heterocycles. The number of anilines is 1. The van der Waals surface area contributed by atoms with Crippen LogP contribution in [-0.4, -0.2) is 35.0 Å². The van der Waals surface area contributed by atoms with Crippen molar-refractivity contribution in [3.05, 3.63) is 84.2 Å². The number of aromatic nitrogens is 6. The molecule has 0 aliphatic carbocycles. The van der Waals surface area contributed by atoms with Crippen molar-refractivity contribution in [1.82, 2.24) is 29.1 Å². The minimum atomic E-state index is -0.243. The average molecular weight is 427 g/mol. The third-order valence-electron chi connectivity index (χ3n) is 5.35. The molecule has 32 heavy (non-hydrogen) atoms. The van der Waals surface area contributed by atoms with Gasteiger partial charge in [0, 0.05) is 49.7 Å². The summed E-state index contributed by atoms with van der Waals surface area (Å²) in [6.45, 7) is 1.93. The zero-order valence-electron chi connectivity index (χ0n) is 17.7. The van der Waals surface area contributed by atoms with E-state index in [4.69, 9.17) is 4.52 Å². The molecule has 5 rings (SSSR count). The van der Waals surface area contributed by atoms with Gasteiger partial charge in [0.2, 0.25) is 11.7 Å². The number of imidazole rings is 2. The number of pyridine rings is 1. The summed E-state index contributed by atoms with van der Waals surface area (Å²) in [5.41, 5.74) is 3.54. The van der Waals surface area contributed by atoms with Crippen LogP contribution in [0.2, 0.25) is 0 Å². The Morgan fingerprint density at radius 2 is 2.03 bits per heavy atom. The number of nitrogens with zero attached hydrogens (tertiary/aromatic N) is 6. The van der Waals surface area contributed by atoms with Crippen LogP contribution in [0.5, 0.6) is 0 Å². The maximum Gasteiger partial charge on any atom is 0.274 e. The highest BCUT2D eigenvalue weighted by Crippen LogP contribution is 2.24. The van der Waals surface area contributed by atoms with Gasteiger partial charge in [-0.15, -0.1) is 0 Å². The minimum Gasteiger partial charge on any atom is -0.339 e. The van der Waals surface area contributed by atoms with Gasteiger partial charge in [0.25, 0.3) is 5.91 Å². The van der Waals surface area contributed by atoms with Crippen LogP contribution in [0.25, 0.3) is 17.0 Å². The molecular weight excluding hydrogens is 406 g/mol. The first-order valence-corrected chi connectivity index (χ1v) is 10.2. The van der Waals surface area contributed by atoms with E-state index in [9.17, 15) is 4.79 Å². The lowest BCUT2D eigenvalue weighted by Gasteiger charge is -2.09. The molecule has 0 saturated heterocycles. The zero-order valence-corrected chi connectivity index (χ0v) is 17.7. The Bertz CT molecular complexity index is 1410. The Hall–Kier alpha value is -4.27. The van der Waals surface area contributed by atoms with Gasteiger partial charge in [-0.05, 0) is 30.7 Å². The highest BCUT2D eigenvalue weighted by atomic mass is 16.5. The van der Waals surface area contributed by atoms with Crippen molar-refractivity contribution in [2.45, 2.75) is 19.8 Å². The van der Waals surface area contributed by atoms with E-state index >= 15 is 0 Å². The van der Waals surface area contributed by atoms with Crippen molar-refractivity contribution in [2.75, 3.05) is 5.32 Å². The first-order chi connectivity index (χ1) is 15.6. The molecule has 0 bridgehead atoms. The maximum atomic E-state index is 12.9. The Labute approximate surface area is 183 Å². The van der Waals surface area contributed by atoms with Gasteiger partial charge in [-0.2, -0.15) is 4.98 Å². The number of carbonyl (C=O) groups is 1.